The summed E-state index contributed by atoms with van der Waals surface area (Å²) in [5.41, 5.74) is 0.521. The first-order chi connectivity index (χ1) is 11.7. The maximum atomic E-state index is 12.8. The molecule has 0 fully saturated rings. The fourth-order valence-corrected chi connectivity index (χ4v) is 2.34. The Morgan fingerprint density at radius 1 is 1.32 bits per heavy atom. The van der Waals surface area contributed by atoms with Gasteiger partial charge >= 0.3 is 6.61 Å². The third-order valence-corrected chi connectivity index (χ3v) is 3.82. The van der Waals surface area contributed by atoms with Gasteiger partial charge in [0.1, 0.15) is 18.0 Å². The first-order valence-electron chi connectivity index (χ1n) is 7.05. The van der Waals surface area contributed by atoms with Crippen LogP contribution in [-0.4, -0.2) is 22.3 Å². The van der Waals surface area contributed by atoms with Crippen LogP contribution in [0.4, 0.5) is 23.2 Å². The molecule has 1 heterocycles. The number of rotatable bonds is 6. The highest BCUT2D eigenvalue weighted by Crippen LogP contribution is 2.28. The number of carbonyl (C=O) groups is 1. The molecule has 0 unspecified atom stereocenters. The number of hydrogen-bond acceptors (Lipinski definition) is 3. The zero-order chi connectivity index (χ0) is 18.7. The molecule has 0 bridgehead atoms. The highest BCUT2D eigenvalue weighted by molar-refractivity contribution is 6.31. The molecule has 0 atom stereocenters. The third-order valence-electron chi connectivity index (χ3n) is 3.36. The van der Waals surface area contributed by atoms with E-state index in [2.05, 4.69) is 15.2 Å². The van der Waals surface area contributed by atoms with Crippen molar-refractivity contribution in [3.8, 4) is 5.75 Å². The molecule has 136 valence electrons. The summed E-state index contributed by atoms with van der Waals surface area (Å²) in [4.78, 5) is 12.1. The van der Waals surface area contributed by atoms with Gasteiger partial charge in [0.15, 0.2) is 0 Å². The molecule has 2 aromatic rings. The molecule has 1 amide bonds. The van der Waals surface area contributed by atoms with E-state index in [0.29, 0.717) is 11.3 Å². The van der Waals surface area contributed by atoms with Crippen molar-refractivity contribution >= 4 is 23.2 Å². The second-order valence-corrected chi connectivity index (χ2v) is 5.52. The number of hydrogen-bond donors (Lipinski definition) is 1. The molecule has 0 aliphatic rings. The van der Waals surface area contributed by atoms with Crippen LogP contribution in [0.25, 0.3) is 0 Å². The lowest BCUT2D eigenvalue weighted by Crippen LogP contribution is -2.21. The molecule has 0 saturated heterocycles. The number of amides is 1. The SMILES string of the molecule is Cc1cc(OC(F)F)ccc1NC(=O)Cn1nc(C(F)F)c(Cl)c1C. The van der Waals surface area contributed by atoms with Crippen molar-refractivity contribution in [3.05, 3.63) is 40.2 Å². The summed E-state index contributed by atoms with van der Waals surface area (Å²) in [6, 6.07) is 4.02. The maximum absolute atomic E-state index is 12.8. The Kier molecular flexibility index (Phi) is 5.89. The number of aryl methyl sites for hydroxylation is 1. The Balaban J connectivity index is 2.09. The predicted octanol–water partition coefficient (Wildman–Crippen LogP) is 4.33. The molecule has 10 heteroatoms. The van der Waals surface area contributed by atoms with Crippen LogP contribution in [0, 0.1) is 13.8 Å². The van der Waals surface area contributed by atoms with Crippen LogP contribution in [-0.2, 0) is 11.3 Å². The molecule has 1 N–H and O–H groups in total. The van der Waals surface area contributed by atoms with E-state index >= 15 is 0 Å². The van der Waals surface area contributed by atoms with Gasteiger partial charge in [-0.05, 0) is 37.6 Å². The van der Waals surface area contributed by atoms with Crippen LogP contribution in [0.15, 0.2) is 18.2 Å². The van der Waals surface area contributed by atoms with Crippen LogP contribution in [0.1, 0.15) is 23.4 Å². The van der Waals surface area contributed by atoms with Crippen LogP contribution >= 0.6 is 11.6 Å². The zero-order valence-corrected chi connectivity index (χ0v) is 14.0. The van der Waals surface area contributed by atoms with Gasteiger partial charge in [0.05, 0.1) is 10.7 Å². The Morgan fingerprint density at radius 3 is 2.52 bits per heavy atom. The number of benzene rings is 1. The number of aromatic nitrogens is 2. The Bertz CT molecular complexity index is 780. The normalized spacial score (nSPS) is 11.2. The lowest BCUT2D eigenvalue weighted by atomic mass is 10.2. The van der Waals surface area contributed by atoms with Gasteiger partial charge in [-0.15, -0.1) is 0 Å². The highest BCUT2D eigenvalue weighted by atomic mass is 35.5. The largest absolute Gasteiger partial charge is 0.435 e. The van der Waals surface area contributed by atoms with E-state index in [-0.39, 0.29) is 23.0 Å². The van der Waals surface area contributed by atoms with Gasteiger partial charge < -0.3 is 10.1 Å². The summed E-state index contributed by atoms with van der Waals surface area (Å²) in [6.07, 6.45) is -2.85. The fourth-order valence-electron chi connectivity index (χ4n) is 2.12. The van der Waals surface area contributed by atoms with Crippen molar-refractivity contribution in [1.29, 1.82) is 0 Å². The summed E-state index contributed by atoms with van der Waals surface area (Å²) in [7, 11) is 0. The van der Waals surface area contributed by atoms with Crippen molar-refractivity contribution in [3.63, 3.8) is 0 Å². The van der Waals surface area contributed by atoms with E-state index in [1.807, 2.05) is 0 Å². The van der Waals surface area contributed by atoms with Gasteiger partial charge in [-0.3, -0.25) is 9.48 Å². The minimum absolute atomic E-state index is 0.0400. The predicted molar refractivity (Wildman–Crippen MR) is 83.4 cm³/mol. The summed E-state index contributed by atoms with van der Waals surface area (Å²) in [5.74, 6) is -0.574. The zero-order valence-electron chi connectivity index (χ0n) is 13.2. The lowest BCUT2D eigenvalue weighted by molar-refractivity contribution is -0.117. The molecule has 0 aliphatic heterocycles. The number of alkyl halides is 4. The van der Waals surface area contributed by atoms with E-state index in [0.717, 1.165) is 4.68 Å². The van der Waals surface area contributed by atoms with Crippen molar-refractivity contribution in [2.45, 2.75) is 33.4 Å². The van der Waals surface area contributed by atoms with Crippen LogP contribution in [0.3, 0.4) is 0 Å². The molecule has 2 rings (SSSR count). The van der Waals surface area contributed by atoms with Gasteiger partial charge in [-0.1, -0.05) is 11.6 Å². The average molecular weight is 380 g/mol. The van der Waals surface area contributed by atoms with E-state index in [9.17, 15) is 22.4 Å². The fraction of sp³-hybridized carbons (Fsp3) is 0.333. The molecule has 5 nitrogen and oxygen atoms in total. The average Bonchev–Trinajstić information content (AvgIpc) is 2.78. The van der Waals surface area contributed by atoms with Gasteiger partial charge in [0, 0.05) is 5.69 Å². The Morgan fingerprint density at radius 2 is 2.00 bits per heavy atom. The molecule has 0 spiro atoms. The summed E-state index contributed by atoms with van der Waals surface area (Å²) >= 11 is 5.77. The van der Waals surface area contributed by atoms with Gasteiger partial charge in [-0.2, -0.15) is 13.9 Å². The molecule has 1 aromatic carbocycles. The number of anilines is 1. The van der Waals surface area contributed by atoms with E-state index in [1.54, 1.807) is 6.92 Å². The molecule has 25 heavy (non-hydrogen) atoms. The van der Waals surface area contributed by atoms with Crippen molar-refractivity contribution in [2.75, 3.05) is 5.32 Å². The van der Waals surface area contributed by atoms with Crippen LogP contribution < -0.4 is 10.1 Å². The standard InChI is InChI=1S/C15H14ClF4N3O2/c1-7-5-9(25-15(19)20)3-4-10(7)21-11(24)6-23-8(2)12(16)13(22-23)14(17)18/h3-5,14-15H,6H2,1-2H3,(H,21,24). The van der Waals surface area contributed by atoms with E-state index < -0.39 is 24.6 Å². The molecule has 0 radical (unpaired) electrons. The molecule has 0 saturated carbocycles. The number of nitrogens with zero attached hydrogens (tertiary/aromatic N) is 2. The number of ether oxygens (including phenoxy) is 1. The number of nitrogens with one attached hydrogen (secondary N) is 1. The monoisotopic (exact) mass is 379 g/mol. The van der Waals surface area contributed by atoms with Gasteiger partial charge in [0.25, 0.3) is 6.43 Å². The lowest BCUT2D eigenvalue weighted by Gasteiger charge is -2.11. The maximum Gasteiger partial charge on any atom is 0.387 e. The van der Waals surface area contributed by atoms with E-state index in [4.69, 9.17) is 11.6 Å². The second-order valence-electron chi connectivity index (χ2n) is 5.15. The molecule has 0 aliphatic carbocycles. The van der Waals surface area contributed by atoms with E-state index in [1.165, 1.54) is 25.1 Å². The summed E-state index contributed by atoms with van der Waals surface area (Å²) in [6.45, 7) is -0.210. The Labute approximate surface area is 145 Å². The third kappa shape index (κ3) is 4.62. The quantitative estimate of drug-likeness (QED) is 0.760. The van der Waals surface area contributed by atoms with Crippen molar-refractivity contribution in [2.24, 2.45) is 0 Å². The number of halogens is 5. The van der Waals surface area contributed by atoms with Gasteiger partial charge in [-0.25, -0.2) is 8.78 Å². The van der Waals surface area contributed by atoms with Gasteiger partial charge in [0.2, 0.25) is 5.91 Å². The number of carbonyl (C=O) groups excluding carboxylic acids is 1. The first-order valence-corrected chi connectivity index (χ1v) is 7.43. The molecular weight excluding hydrogens is 366 g/mol. The molecule has 1 aromatic heterocycles. The Hall–Kier alpha value is -2.29. The summed E-state index contributed by atoms with van der Waals surface area (Å²) in [5, 5.41) is 5.99. The first kappa shape index (κ1) is 19.0. The minimum Gasteiger partial charge on any atom is -0.435 e. The van der Waals surface area contributed by atoms with Crippen LogP contribution in [0.2, 0.25) is 5.02 Å². The smallest absolute Gasteiger partial charge is 0.387 e. The highest BCUT2D eigenvalue weighted by Gasteiger charge is 2.21. The van der Waals surface area contributed by atoms with Crippen LogP contribution in [0.5, 0.6) is 5.75 Å². The molecular formula is C15H14ClF4N3O2. The second kappa shape index (κ2) is 7.73. The minimum atomic E-state index is -2.95. The van der Waals surface area contributed by atoms with Crippen molar-refractivity contribution < 1.29 is 27.1 Å². The summed E-state index contributed by atoms with van der Waals surface area (Å²) < 4.78 is 55.2. The van der Waals surface area contributed by atoms with Crippen molar-refractivity contribution in [1.82, 2.24) is 9.78 Å². The topological polar surface area (TPSA) is 56.1 Å².